The molecule has 3 aromatic rings. The highest BCUT2D eigenvalue weighted by molar-refractivity contribution is 5.84. The van der Waals surface area contributed by atoms with Gasteiger partial charge in [-0.3, -0.25) is 0 Å². The van der Waals surface area contributed by atoms with Gasteiger partial charge in [-0.05, 0) is 44.7 Å². The normalized spacial score (nSPS) is 15.9. The summed E-state index contributed by atoms with van der Waals surface area (Å²) in [5.74, 6) is 1.75. The Morgan fingerprint density at radius 3 is 2.68 bits per heavy atom. The first-order valence-corrected chi connectivity index (χ1v) is 12.2. The molecule has 184 valence electrons. The van der Waals surface area contributed by atoms with E-state index in [-0.39, 0.29) is 6.04 Å². The topological polar surface area (TPSA) is 123 Å². The molecule has 1 aliphatic rings. The van der Waals surface area contributed by atoms with E-state index in [0.29, 0.717) is 35.8 Å². The number of hydrogen-bond acceptors (Lipinski definition) is 8. The van der Waals surface area contributed by atoms with Crippen LogP contribution in [0.1, 0.15) is 70.9 Å². The first-order valence-electron chi connectivity index (χ1n) is 12.2. The molecule has 1 aliphatic carbocycles. The lowest BCUT2D eigenvalue weighted by molar-refractivity contribution is 0.0577. The van der Waals surface area contributed by atoms with Crippen LogP contribution in [-0.2, 0) is 6.54 Å². The van der Waals surface area contributed by atoms with E-state index < -0.39 is 5.60 Å². The highest BCUT2D eigenvalue weighted by Gasteiger charge is 2.27. The van der Waals surface area contributed by atoms with Crippen LogP contribution in [0.4, 0.5) is 17.5 Å². The third-order valence-corrected chi connectivity index (χ3v) is 6.78. The van der Waals surface area contributed by atoms with Crippen molar-refractivity contribution in [1.82, 2.24) is 19.5 Å². The zero-order chi connectivity index (χ0) is 24.3. The van der Waals surface area contributed by atoms with Crippen molar-refractivity contribution in [3.05, 3.63) is 30.1 Å². The second-order valence-corrected chi connectivity index (χ2v) is 9.66. The molecule has 0 bridgehead atoms. The summed E-state index contributed by atoms with van der Waals surface area (Å²) >= 11 is 0. The van der Waals surface area contributed by atoms with E-state index in [1.807, 2.05) is 31.5 Å². The lowest BCUT2D eigenvalue weighted by atomic mass is 9.95. The summed E-state index contributed by atoms with van der Waals surface area (Å²) in [4.78, 5) is 14.3. The van der Waals surface area contributed by atoms with Crippen LogP contribution in [-0.4, -0.2) is 43.4 Å². The number of aliphatic hydroxyl groups is 1. The van der Waals surface area contributed by atoms with E-state index in [1.54, 1.807) is 21.0 Å². The number of fused-ring (bicyclic) bond motifs is 1. The molecule has 4 rings (SSSR count). The molecular weight excluding hydrogens is 430 g/mol. The average molecular weight is 468 g/mol. The van der Waals surface area contributed by atoms with Gasteiger partial charge >= 0.3 is 0 Å². The van der Waals surface area contributed by atoms with Gasteiger partial charge in [0.2, 0.25) is 5.95 Å². The van der Waals surface area contributed by atoms with E-state index in [2.05, 4.69) is 15.2 Å². The van der Waals surface area contributed by atoms with Gasteiger partial charge in [-0.15, -0.1) is 0 Å². The van der Waals surface area contributed by atoms with Crippen molar-refractivity contribution in [3.8, 4) is 5.75 Å². The average Bonchev–Trinajstić information content (AvgIpc) is 3.25. The van der Waals surface area contributed by atoms with Crippen LogP contribution in [0.2, 0.25) is 0 Å². The molecule has 0 saturated heterocycles. The molecule has 1 aromatic carbocycles. The largest absolute Gasteiger partial charge is 0.495 e. The molecule has 2 heterocycles. The maximum absolute atomic E-state index is 10.6. The third-order valence-electron chi connectivity index (χ3n) is 6.78. The van der Waals surface area contributed by atoms with Gasteiger partial charge in [-0.2, -0.15) is 9.97 Å². The number of anilines is 3. The van der Waals surface area contributed by atoms with Gasteiger partial charge < -0.3 is 30.8 Å². The highest BCUT2D eigenvalue weighted by atomic mass is 16.5. The molecule has 1 fully saturated rings. The van der Waals surface area contributed by atoms with Crippen molar-refractivity contribution < 1.29 is 9.84 Å². The van der Waals surface area contributed by atoms with Gasteiger partial charge in [0.05, 0.1) is 30.8 Å². The third kappa shape index (κ3) is 5.04. The predicted molar refractivity (Wildman–Crippen MR) is 136 cm³/mol. The molecule has 0 spiro atoms. The summed E-state index contributed by atoms with van der Waals surface area (Å²) in [6.45, 7) is 6.09. The van der Waals surface area contributed by atoms with Crippen LogP contribution >= 0.6 is 0 Å². The van der Waals surface area contributed by atoms with Crippen molar-refractivity contribution in [2.24, 2.45) is 0 Å². The molecule has 9 nitrogen and oxygen atoms in total. The molecular formula is C25H37N7O2. The summed E-state index contributed by atoms with van der Waals surface area (Å²) in [7, 11) is 1.61. The molecule has 0 amide bonds. The minimum atomic E-state index is -0.917. The number of aromatic nitrogens is 4. The number of nitrogens with one attached hydrogen (secondary N) is 2. The van der Waals surface area contributed by atoms with Gasteiger partial charge in [0.15, 0.2) is 17.0 Å². The fourth-order valence-electron chi connectivity index (χ4n) is 4.77. The van der Waals surface area contributed by atoms with Crippen molar-refractivity contribution in [2.75, 3.05) is 23.5 Å². The zero-order valence-corrected chi connectivity index (χ0v) is 20.6. The monoisotopic (exact) mass is 467 g/mol. The van der Waals surface area contributed by atoms with E-state index >= 15 is 0 Å². The Morgan fingerprint density at radius 2 is 2.00 bits per heavy atom. The van der Waals surface area contributed by atoms with Crippen LogP contribution < -0.4 is 21.1 Å². The number of nitrogen functional groups attached to an aromatic ring is 1. The van der Waals surface area contributed by atoms with Gasteiger partial charge in [0.1, 0.15) is 5.75 Å². The summed E-state index contributed by atoms with van der Waals surface area (Å²) in [6, 6.07) is 5.92. The first-order chi connectivity index (χ1) is 16.3. The highest BCUT2D eigenvalue weighted by Crippen LogP contribution is 2.33. The molecule has 0 aliphatic heterocycles. The van der Waals surface area contributed by atoms with E-state index in [1.165, 1.54) is 19.3 Å². The van der Waals surface area contributed by atoms with Gasteiger partial charge in [-0.1, -0.05) is 38.3 Å². The van der Waals surface area contributed by atoms with Crippen LogP contribution in [0.25, 0.3) is 11.2 Å². The number of ether oxygens (including phenoxy) is 1. The Morgan fingerprint density at radius 1 is 1.24 bits per heavy atom. The fourth-order valence-corrected chi connectivity index (χ4v) is 4.77. The van der Waals surface area contributed by atoms with Crippen molar-refractivity contribution in [3.63, 3.8) is 0 Å². The Balaban J connectivity index is 1.71. The minimum Gasteiger partial charge on any atom is -0.495 e. The van der Waals surface area contributed by atoms with Crippen LogP contribution in [0, 0.1) is 0 Å². The van der Waals surface area contributed by atoms with Crippen LogP contribution in [0.5, 0.6) is 5.75 Å². The van der Waals surface area contributed by atoms with E-state index in [0.717, 1.165) is 36.0 Å². The van der Waals surface area contributed by atoms with Crippen molar-refractivity contribution in [1.29, 1.82) is 0 Å². The maximum Gasteiger partial charge on any atom is 0.227 e. The Labute approximate surface area is 201 Å². The van der Waals surface area contributed by atoms with E-state index in [4.69, 9.17) is 25.4 Å². The molecule has 0 radical (unpaired) electrons. The zero-order valence-electron chi connectivity index (χ0n) is 20.6. The number of nitrogens with zero attached hydrogens (tertiary/aromatic N) is 4. The standard InChI is InChI=1S/C25H37N7O2/c1-5-19(25(2,3)33)29-24-30-22(27-14-16-10-9-13-18(34-4)20(16)26)21-23(31-24)32(15-28-21)17-11-7-6-8-12-17/h9-10,13,15,17,19,33H,5-8,11-12,14,26H2,1-4H3,(H2,27,29,30,31). The predicted octanol–water partition coefficient (Wildman–Crippen LogP) is 4.50. The molecule has 2 aromatic heterocycles. The van der Waals surface area contributed by atoms with Crippen molar-refractivity contribution in [2.45, 2.75) is 83.5 Å². The lowest BCUT2D eigenvalue weighted by Crippen LogP contribution is -2.41. The second kappa shape index (κ2) is 10.0. The number of benzene rings is 1. The van der Waals surface area contributed by atoms with E-state index in [9.17, 15) is 5.11 Å². The van der Waals surface area contributed by atoms with Crippen LogP contribution in [0.3, 0.4) is 0 Å². The molecule has 1 saturated carbocycles. The number of hydrogen-bond donors (Lipinski definition) is 4. The summed E-state index contributed by atoms with van der Waals surface area (Å²) in [5, 5.41) is 17.4. The number of imidazole rings is 1. The summed E-state index contributed by atoms with van der Waals surface area (Å²) in [5.41, 5.74) is 8.40. The number of para-hydroxylation sites is 1. The Kier molecular flexibility index (Phi) is 7.11. The first kappa shape index (κ1) is 24.1. The Hall–Kier alpha value is -3.07. The molecule has 5 N–H and O–H groups in total. The summed E-state index contributed by atoms with van der Waals surface area (Å²) in [6.07, 6.45) is 8.59. The number of rotatable bonds is 9. The molecule has 34 heavy (non-hydrogen) atoms. The van der Waals surface area contributed by atoms with Crippen molar-refractivity contribution >= 4 is 28.6 Å². The molecule has 1 unspecified atom stereocenters. The minimum absolute atomic E-state index is 0.196. The number of methoxy groups -OCH3 is 1. The van der Waals surface area contributed by atoms with Gasteiger partial charge in [0.25, 0.3) is 0 Å². The van der Waals surface area contributed by atoms with Gasteiger partial charge in [-0.25, -0.2) is 4.98 Å². The fraction of sp³-hybridized carbons (Fsp3) is 0.560. The quantitative estimate of drug-likeness (QED) is 0.339. The lowest BCUT2D eigenvalue weighted by Gasteiger charge is -2.29. The smallest absolute Gasteiger partial charge is 0.227 e. The molecule has 9 heteroatoms. The second-order valence-electron chi connectivity index (χ2n) is 9.66. The summed E-state index contributed by atoms with van der Waals surface area (Å²) < 4.78 is 7.55. The molecule has 1 atom stereocenters. The van der Waals surface area contributed by atoms with Crippen LogP contribution in [0.15, 0.2) is 24.5 Å². The van der Waals surface area contributed by atoms with Gasteiger partial charge in [0, 0.05) is 12.6 Å². The Bertz CT molecular complexity index is 1120. The maximum atomic E-state index is 10.6. The SMILES string of the molecule is CCC(Nc1nc(NCc2cccc(OC)c2N)c2ncn(C3CCCCC3)c2n1)C(C)(C)O. The number of nitrogens with two attached hydrogens (primary N) is 1.